The molecule has 0 aromatic carbocycles. The van der Waals surface area contributed by atoms with Crippen molar-refractivity contribution in [3.05, 3.63) is 12.7 Å². The van der Waals surface area contributed by atoms with Gasteiger partial charge in [-0.15, -0.1) is 0 Å². The first-order valence-electron chi connectivity index (χ1n) is 4.27. The Balaban J connectivity index is 2.67. The first-order chi connectivity index (χ1) is 7.11. The average Bonchev–Trinajstić information content (AvgIpc) is 2.61. The molecule has 0 aliphatic heterocycles. The highest BCUT2D eigenvalue weighted by atomic mass is 16.4. The van der Waals surface area contributed by atoms with Crippen molar-refractivity contribution < 1.29 is 9.90 Å². The van der Waals surface area contributed by atoms with Crippen molar-refractivity contribution in [2.24, 2.45) is 0 Å². The summed E-state index contributed by atoms with van der Waals surface area (Å²) in [6.45, 7) is 1.54. The number of fused-ring (bicyclic) bond motifs is 1. The third-order valence-electron chi connectivity index (χ3n) is 2.17. The summed E-state index contributed by atoms with van der Waals surface area (Å²) in [6, 6.07) is -0.747. The fourth-order valence-electron chi connectivity index (χ4n) is 1.31. The van der Waals surface area contributed by atoms with Gasteiger partial charge in [0.1, 0.15) is 17.9 Å². The van der Waals surface area contributed by atoms with E-state index in [0.717, 1.165) is 0 Å². The third kappa shape index (κ3) is 1.37. The zero-order chi connectivity index (χ0) is 11.0. The van der Waals surface area contributed by atoms with E-state index < -0.39 is 12.0 Å². The number of carbonyl (C=O) groups is 1. The molecule has 0 unspecified atom stereocenters. The highest BCUT2D eigenvalue weighted by Gasteiger charge is 2.18. The van der Waals surface area contributed by atoms with Crippen LogP contribution in [0.15, 0.2) is 12.7 Å². The summed E-state index contributed by atoms with van der Waals surface area (Å²) in [6.07, 6.45) is 2.69. The van der Waals surface area contributed by atoms with E-state index in [0.29, 0.717) is 11.2 Å². The van der Waals surface area contributed by atoms with Gasteiger partial charge in [-0.25, -0.2) is 19.7 Å². The van der Waals surface area contributed by atoms with E-state index in [-0.39, 0.29) is 5.82 Å². The lowest BCUT2D eigenvalue weighted by Gasteiger charge is -2.09. The maximum Gasteiger partial charge on any atom is 0.326 e. The molecule has 78 valence electrons. The molecule has 2 heterocycles. The second-order valence-electron chi connectivity index (χ2n) is 3.10. The van der Waals surface area contributed by atoms with Gasteiger partial charge in [-0.1, -0.05) is 0 Å². The average molecular weight is 207 g/mol. The molecular weight excluding hydrogens is 198 g/mol. The molecule has 7 heteroatoms. The lowest BCUT2D eigenvalue weighted by atomic mass is 10.3. The fraction of sp³-hybridized carbons (Fsp3) is 0.250. The second kappa shape index (κ2) is 3.19. The maximum absolute atomic E-state index is 10.8. The number of carboxylic acids is 1. The minimum atomic E-state index is -0.961. The molecule has 15 heavy (non-hydrogen) atoms. The standard InChI is InChI=1S/C8H9N5O2/c1-4(8(14)15)13-3-12-7-5(13)6(9)10-2-11-7/h2-4H,1H3,(H,14,15)(H2,9,10,11)/t4-/m0/s1. The molecule has 0 bridgehead atoms. The van der Waals surface area contributed by atoms with E-state index in [4.69, 9.17) is 10.8 Å². The first kappa shape index (κ1) is 9.38. The van der Waals surface area contributed by atoms with Crippen LogP contribution in [-0.2, 0) is 4.79 Å². The number of rotatable bonds is 2. The van der Waals surface area contributed by atoms with E-state index in [2.05, 4.69) is 15.0 Å². The van der Waals surface area contributed by atoms with Crippen LogP contribution in [0.2, 0.25) is 0 Å². The Morgan fingerprint density at radius 1 is 1.53 bits per heavy atom. The zero-order valence-electron chi connectivity index (χ0n) is 7.95. The number of nitrogen functional groups attached to an aromatic ring is 1. The van der Waals surface area contributed by atoms with Gasteiger partial charge in [0.15, 0.2) is 11.5 Å². The number of hydrogen-bond acceptors (Lipinski definition) is 5. The number of anilines is 1. The van der Waals surface area contributed by atoms with Crippen LogP contribution in [0.25, 0.3) is 11.2 Å². The monoisotopic (exact) mass is 207 g/mol. The van der Waals surface area contributed by atoms with E-state index >= 15 is 0 Å². The van der Waals surface area contributed by atoms with Crippen molar-refractivity contribution in [1.29, 1.82) is 0 Å². The molecule has 0 aliphatic rings. The van der Waals surface area contributed by atoms with E-state index in [1.165, 1.54) is 24.1 Å². The van der Waals surface area contributed by atoms with E-state index in [9.17, 15) is 4.79 Å². The number of aromatic nitrogens is 4. The van der Waals surface area contributed by atoms with Crippen LogP contribution in [0.5, 0.6) is 0 Å². The summed E-state index contributed by atoms with van der Waals surface area (Å²) in [4.78, 5) is 22.5. The quantitative estimate of drug-likeness (QED) is 0.720. The van der Waals surface area contributed by atoms with Gasteiger partial charge in [-0.3, -0.25) is 0 Å². The van der Waals surface area contributed by atoms with Gasteiger partial charge in [0, 0.05) is 0 Å². The SMILES string of the molecule is C[C@@H](C(=O)O)n1cnc2ncnc(N)c21. The molecular formula is C8H9N5O2. The summed E-state index contributed by atoms with van der Waals surface area (Å²) >= 11 is 0. The van der Waals surface area contributed by atoms with Gasteiger partial charge >= 0.3 is 5.97 Å². The Morgan fingerprint density at radius 3 is 2.93 bits per heavy atom. The van der Waals surface area contributed by atoms with E-state index in [1.54, 1.807) is 0 Å². The molecule has 0 radical (unpaired) electrons. The van der Waals surface area contributed by atoms with Crippen LogP contribution in [0.1, 0.15) is 13.0 Å². The van der Waals surface area contributed by atoms with Gasteiger partial charge in [0.25, 0.3) is 0 Å². The van der Waals surface area contributed by atoms with Gasteiger partial charge in [-0.05, 0) is 6.92 Å². The lowest BCUT2D eigenvalue weighted by Crippen LogP contribution is -2.15. The molecule has 2 aromatic heterocycles. The molecule has 0 amide bonds. The number of aliphatic carboxylic acids is 1. The number of nitrogens with zero attached hydrogens (tertiary/aromatic N) is 4. The second-order valence-corrected chi connectivity index (χ2v) is 3.10. The minimum Gasteiger partial charge on any atom is -0.480 e. The molecule has 0 aliphatic carbocycles. The van der Waals surface area contributed by atoms with Gasteiger partial charge in [0.2, 0.25) is 0 Å². The highest BCUT2D eigenvalue weighted by molar-refractivity contribution is 5.84. The summed E-state index contributed by atoms with van der Waals surface area (Å²) in [5.74, 6) is -0.733. The van der Waals surface area contributed by atoms with Gasteiger partial charge in [-0.2, -0.15) is 0 Å². The highest BCUT2D eigenvalue weighted by Crippen LogP contribution is 2.19. The van der Waals surface area contributed by atoms with Crippen molar-refractivity contribution in [3.8, 4) is 0 Å². The Bertz CT molecular complexity index is 521. The predicted molar refractivity (Wildman–Crippen MR) is 52.1 cm³/mol. The maximum atomic E-state index is 10.8. The normalized spacial score (nSPS) is 12.9. The zero-order valence-corrected chi connectivity index (χ0v) is 7.95. The minimum absolute atomic E-state index is 0.227. The molecule has 7 nitrogen and oxygen atoms in total. The van der Waals surface area contributed by atoms with Gasteiger partial charge in [0.05, 0.1) is 6.33 Å². The predicted octanol–water partition coefficient (Wildman–Crippen LogP) is 0.0541. The summed E-state index contributed by atoms with van der Waals surface area (Å²) < 4.78 is 1.44. The molecule has 0 fully saturated rings. The third-order valence-corrected chi connectivity index (χ3v) is 2.17. The van der Waals surface area contributed by atoms with Crippen molar-refractivity contribution >= 4 is 23.0 Å². The molecule has 1 atom stereocenters. The summed E-state index contributed by atoms with van der Waals surface area (Å²) in [5.41, 5.74) is 6.48. The van der Waals surface area contributed by atoms with Crippen molar-refractivity contribution in [3.63, 3.8) is 0 Å². The largest absolute Gasteiger partial charge is 0.480 e. The number of imidazole rings is 1. The van der Waals surface area contributed by atoms with Crippen molar-refractivity contribution in [1.82, 2.24) is 19.5 Å². The fourth-order valence-corrected chi connectivity index (χ4v) is 1.31. The Kier molecular flexibility index (Phi) is 2.00. The molecule has 2 aromatic rings. The Morgan fingerprint density at radius 2 is 2.27 bits per heavy atom. The molecule has 2 rings (SSSR count). The number of hydrogen-bond donors (Lipinski definition) is 2. The number of carboxylic acid groups (broad SMARTS) is 1. The van der Waals surface area contributed by atoms with Crippen LogP contribution in [0.3, 0.4) is 0 Å². The van der Waals surface area contributed by atoms with Crippen LogP contribution in [0.4, 0.5) is 5.82 Å². The van der Waals surface area contributed by atoms with Crippen LogP contribution in [-0.4, -0.2) is 30.6 Å². The topological polar surface area (TPSA) is 107 Å². The van der Waals surface area contributed by atoms with Crippen molar-refractivity contribution in [2.45, 2.75) is 13.0 Å². The smallest absolute Gasteiger partial charge is 0.326 e. The number of nitrogens with two attached hydrogens (primary N) is 1. The Labute approximate surface area is 84.6 Å². The van der Waals surface area contributed by atoms with E-state index in [1.807, 2.05) is 0 Å². The van der Waals surface area contributed by atoms with Crippen molar-refractivity contribution in [2.75, 3.05) is 5.73 Å². The molecule has 0 saturated heterocycles. The molecule has 0 spiro atoms. The molecule has 0 saturated carbocycles. The van der Waals surface area contributed by atoms with Gasteiger partial charge < -0.3 is 15.4 Å². The summed E-state index contributed by atoms with van der Waals surface area (Å²) in [5, 5.41) is 8.87. The Hall–Kier alpha value is -2.18. The molecule has 3 N–H and O–H groups in total. The first-order valence-corrected chi connectivity index (χ1v) is 4.27. The van der Waals surface area contributed by atoms with Crippen LogP contribution >= 0.6 is 0 Å². The van der Waals surface area contributed by atoms with Crippen LogP contribution < -0.4 is 5.73 Å². The summed E-state index contributed by atoms with van der Waals surface area (Å²) in [7, 11) is 0. The van der Waals surface area contributed by atoms with Crippen LogP contribution in [0, 0.1) is 0 Å². The lowest BCUT2D eigenvalue weighted by molar-refractivity contribution is -0.140.